The predicted molar refractivity (Wildman–Crippen MR) is 79.4 cm³/mol. The molecule has 1 aromatic carbocycles. The van der Waals surface area contributed by atoms with E-state index >= 15 is 0 Å². The molecule has 6 heteroatoms. The van der Waals surface area contributed by atoms with Gasteiger partial charge in [0.15, 0.2) is 9.84 Å². The van der Waals surface area contributed by atoms with E-state index in [1.165, 1.54) is 6.26 Å². The average Bonchev–Trinajstić information content (AvgIpc) is 2.84. The van der Waals surface area contributed by atoms with E-state index < -0.39 is 9.84 Å². The molecule has 2 rings (SSSR count). The zero-order valence-electron chi connectivity index (χ0n) is 11.7. The number of para-hydroxylation sites is 1. The van der Waals surface area contributed by atoms with Crippen LogP contribution < -0.4 is 5.32 Å². The quantitative estimate of drug-likeness (QED) is 0.887. The van der Waals surface area contributed by atoms with E-state index in [-0.39, 0.29) is 0 Å². The number of hydrogen-bond donors (Lipinski definition) is 1. The molecule has 0 bridgehead atoms. The summed E-state index contributed by atoms with van der Waals surface area (Å²) in [5.41, 5.74) is 1.65. The molecule has 1 N–H and O–H groups in total. The Morgan fingerprint density at radius 2 is 2.05 bits per heavy atom. The van der Waals surface area contributed by atoms with Crippen molar-refractivity contribution in [3.05, 3.63) is 42.2 Å². The molecule has 0 aliphatic rings. The summed E-state index contributed by atoms with van der Waals surface area (Å²) in [6.07, 6.45) is 6.02. The summed E-state index contributed by atoms with van der Waals surface area (Å²) in [6.45, 7) is 3.54. The lowest BCUT2D eigenvalue weighted by molar-refractivity contribution is 0.601. The van der Waals surface area contributed by atoms with E-state index in [0.717, 1.165) is 18.5 Å². The maximum absolute atomic E-state index is 11.7. The number of aryl methyl sites for hydroxylation is 1. The van der Waals surface area contributed by atoms with Crippen molar-refractivity contribution in [3.63, 3.8) is 0 Å². The molecule has 0 saturated heterocycles. The highest BCUT2D eigenvalue weighted by atomic mass is 32.2. The normalized spacial score (nSPS) is 11.5. The zero-order chi connectivity index (χ0) is 14.6. The number of anilines is 1. The van der Waals surface area contributed by atoms with E-state index in [9.17, 15) is 8.42 Å². The van der Waals surface area contributed by atoms with Crippen molar-refractivity contribution < 1.29 is 8.42 Å². The SMILES string of the molecule is CCCn1cc(CNc2ccccc2S(C)(=O)=O)cn1. The molecule has 5 nitrogen and oxygen atoms in total. The van der Waals surface area contributed by atoms with Crippen molar-refractivity contribution in [1.82, 2.24) is 9.78 Å². The molecule has 0 unspecified atom stereocenters. The molecule has 0 aliphatic heterocycles. The predicted octanol–water partition coefficient (Wildman–Crippen LogP) is 2.31. The van der Waals surface area contributed by atoms with Crippen LogP contribution in [0.2, 0.25) is 0 Å². The lowest BCUT2D eigenvalue weighted by Crippen LogP contribution is -2.05. The number of hydrogen-bond acceptors (Lipinski definition) is 4. The van der Waals surface area contributed by atoms with Crippen LogP contribution >= 0.6 is 0 Å². The third-order valence-electron chi connectivity index (χ3n) is 2.91. The van der Waals surface area contributed by atoms with Gasteiger partial charge in [-0.1, -0.05) is 19.1 Å². The number of benzene rings is 1. The van der Waals surface area contributed by atoms with E-state index in [2.05, 4.69) is 17.3 Å². The van der Waals surface area contributed by atoms with Gasteiger partial charge >= 0.3 is 0 Å². The molecular weight excluding hydrogens is 274 g/mol. The Labute approximate surface area is 119 Å². The molecule has 0 spiro atoms. The number of rotatable bonds is 6. The van der Waals surface area contributed by atoms with Crippen molar-refractivity contribution in [2.24, 2.45) is 0 Å². The molecule has 0 aliphatic carbocycles. The fraction of sp³-hybridized carbons (Fsp3) is 0.357. The molecule has 0 amide bonds. The Balaban J connectivity index is 2.11. The van der Waals surface area contributed by atoms with Gasteiger partial charge in [0.25, 0.3) is 0 Å². The first-order chi connectivity index (χ1) is 9.50. The minimum atomic E-state index is -3.22. The van der Waals surface area contributed by atoms with Crippen LogP contribution in [0.3, 0.4) is 0 Å². The molecular formula is C14H19N3O2S. The summed E-state index contributed by atoms with van der Waals surface area (Å²) in [5.74, 6) is 0. The first-order valence-corrected chi connectivity index (χ1v) is 8.44. The molecule has 0 radical (unpaired) electrons. The van der Waals surface area contributed by atoms with Gasteiger partial charge in [-0.3, -0.25) is 4.68 Å². The molecule has 20 heavy (non-hydrogen) atoms. The fourth-order valence-electron chi connectivity index (χ4n) is 1.98. The second kappa shape index (κ2) is 6.09. The van der Waals surface area contributed by atoms with Crippen LogP contribution in [0.5, 0.6) is 0 Å². The maximum Gasteiger partial charge on any atom is 0.177 e. The van der Waals surface area contributed by atoms with E-state index in [1.54, 1.807) is 24.4 Å². The van der Waals surface area contributed by atoms with Gasteiger partial charge in [0, 0.05) is 31.1 Å². The molecule has 1 heterocycles. The molecule has 0 fully saturated rings. The average molecular weight is 293 g/mol. The molecule has 1 aromatic heterocycles. The van der Waals surface area contributed by atoms with Crippen LogP contribution in [0.4, 0.5) is 5.69 Å². The van der Waals surface area contributed by atoms with Gasteiger partial charge in [-0.25, -0.2) is 8.42 Å². The Hall–Kier alpha value is -1.82. The number of sulfone groups is 1. The minimum Gasteiger partial charge on any atom is -0.380 e. The van der Waals surface area contributed by atoms with Crippen molar-refractivity contribution in [1.29, 1.82) is 0 Å². The van der Waals surface area contributed by atoms with E-state index in [0.29, 0.717) is 17.1 Å². The summed E-state index contributed by atoms with van der Waals surface area (Å²) in [7, 11) is -3.22. The Bertz CT molecular complexity index is 677. The first-order valence-electron chi connectivity index (χ1n) is 6.55. The van der Waals surface area contributed by atoms with Gasteiger partial charge in [0.05, 0.1) is 16.8 Å². The number of aromatic nitrogens is 2. The Kier molecular flexibility index (Phi) is 4.44. The van der Waals surface area contributed by atoms with Gasteiger partial charge < -0.3 is 5.32 Å². The fourth-order valence-corrected chi connectivity index (χ4v) is 2.85. The van der Waals surface area contributed by atoms with E-state index in [1.807, 2.05) is 16.9 Å². The van der Waals surface area contributed by atoms with Crippen molar-refractivity contribution in [2.75, 3.05) is 11.6 Å². The second-order valence-corrected chi connectivity index (χ2v) is 6.72. The van der Waals surface area contributed by atoms with Crippen molar-refractivity contribution in [3.8, 4) is 0 Å². The third kappa shape index (κ3) is 3.60. The van der Waals surface area contributed by atoms with Gasteiger partial charge in [0.2, 0.25) is 0 Å². The monoisotopic (exact) mass is 293 g/mol. The summed E-state index contributed by atoms with van der Waals surface area (Å²) in [6, 6.07) is 6.92. The van der Waals surface area contributed by atoms with Crippen molar-refractivity contribution in [2.45, 2.75) is 31.3 Å². The highest BCUT2D eigenvalue weighted by Crippen LogP contribution is 2.21. The number of nitrogens with zero attached hydrogens (tertiary/aromatic N) is 2. The first kappa shape index (κ1) is 14.6. The standard InChI is InChI=1S/C14H19N3O2S/c1-3-8-17-11-12(10-16-17)9-15-13-6-4-5-7-14(13)20(2,18)19/h4-7,10-11,15H,3,8-9H2,1-2H3. The topological polar surface area (TPSA) is 64.0 Å². The molecule has 108 valence electrons. The summed E-state index contributed by atoms with van der Waals surface area (Å²) < 4.78 is 25.3. The van der Waals surface area contributed by atoms with Crippen LogP contribution in [0.15, 0.2) is 41.6 Å². The molecule has 0 saturated carbocycles. The van der Waals surface area contributed by atoms with Crippen LogP contribution in [0.25, 0.3) is 0 Å². The summed E-state index contributed by atoms with van der Waals surface area (Å²) in [5, 5.41) is 7.41. The van der Waals surface area contributed by atoms with Gasteiger partial charge in [-0.15, -0.1) is 0 Å². The van der Waals surface area contributed by atoms with Crippen LogP contribution in [0, 0.1) is 0 Å². The largest absolute Gasteiger partial charge is 0.380 e. The van der Waals surface area contributed by atoms with E-state index in [4.69, 9.17) is 0 Å². The smallest absolute Gasteiger partial charge is 0.177 e. The zero-order valence-corrected chi connectivity index (χ0v) is 12.5. The van der Waals surface area contributed by atoms with Crippen molar-refractivity contribution >= 4 is 15.5 Å². The van der Waals surface area contributed by atoms with Gasteiger partial charge in [-0.05, 0) is 18.6 Å². The van der Waals surface area contributed by atoms with Crippen LogP contribution in [-0.2, 0) is 22.9 Å². The minimum absolute atomic E-state index is 0.320. The highest BCUT2D eigenvalue weighted by Gasteiger charge is 2.12. The molecule has 0 atom stereocenters. The highest BCUT2D eigenvalue weighted by molar-refractivity contribution is 7.90. The van der Waals surface area contributed by atoms with Crippen LogP contribution in [-0.4, -0.2) is 24.5 Å². The maximum atomic E-state index is 11.7. The van der Waals surface area contributed by atoms with Gasteiger partial charge in [0.1, 0.15) is 0 Å². The Morgan fingerprint density at radius 3 is 2.75 bits per heavy atom. The third-order valence-corrected chi connectivity index (χ3v) is 4.06. The molecule has 2 aromatic rings. The van der Waals surface area contributed by atoms with Gasteiger partial charge in [-0.2, -0.15) is 5.10 Å². The lowest BCUT2D eigenvalue weighted by atomic mass is 10.3. The van der Waals surface area contributed by atoms with Crippen LogP contribution in [0.1, 0.15) is 18.9 Å². The lowest BCUT2D eigenvalue weighted by Gasteiger charge is -2.09. The summed E-state index contributed by atoms with van der Waals surface area (Å²) >= 11 is 0. The number of nitrogens with one attached hydrogen (secondary N) is 1. The second-order valence-electron chi connectivity index (χ2n) is 4.73. The Morgan fingerprint density at radius 1 is 1.30 bits per heavy atom. The summed E-state index contributed by atoms with van der Waals surface area (Å²) in [4.78, 5) is 0.320.